The molecule has 7 heteroatoms. The highest BCUT2D eigenvalue weighted by Crippen LogP contribution is 2.20. The van der Waals surface area contributed by atoms with Gasteiger partial charge in [-0.25, -0.2) is 14.0 Å². The molecule has 1 fully saturated rings. The zero-order valence-electron chi connectivity index (χ0n) is 11.0. The van der Waals surface area contributed by atoms with Gasteiger partial charge in [0.1, 0.15) is 11.8 Å². The summed E-state index contributed by atoms with van der Waals surface area (Å²) in [7, 11) is 1.41. The highest BCUT2D eigenvalue weighted by atomic mass is 19.1. The Kier molecular flexibility index (Phi) is 4.03. The first-order chi connectivity index (χ1) is 8.11. The summed E-state index contributed by atoms with van der Waals surface area (Å²) in [5, 5.41) is 8.78. The minimum atomic E-state index is -1.39. The molecule has 1 aliphatic heterocycles. The Morgan fingerprint density at radius 3 is 2.33 bits per heavy atom. The number of likely N-dealkylation sites (tertiary alicyclic amines) is 1. The number of hydrogen-bond donors (Lipinski definition) is 1. The van der Waals surface area contributed by atoms with Crippen molar-refractivity contribution in [1.29, 1.82) is 0 Å². The molecule has 18 heavy (non-hydrogen) atoms. The number of alkyl halides is 1. The lowest BCUT2D eigenvalue weighted by Crippen LogP contribution is -2.45. The van der Waals surface area contributed by atoms with Crippen LogP contribution in [0.4, 0.5) is 14.0 Å². The molecule has 0 aromatic carbocycles. The first-order valence-corrected chi connectivity index (χ1v) is 5.69. The van der Waals surface area contributed by atoms with E-state index in [1.807, 2.05) is 0 Å². The third-order valence-electron chi connectivity index (χ3n) is 2.67. The van der Waals surface area contributed by atoms with E-state index in [4.69, 9.17) is 9.84 Å². The second-order valence-electron chi connectivity index (χ2n) is 5.36. The third kappa shape index (κ3) is 3.48. The smallest absolute Gasteiger partial charge is 0.410 e. The largest absolute Gasteiger partial charge is 0.465 e. The average Bonchev–Trinajstić information content (AvgIpc) is 2.56. The number of halogens is 1. The van der Waals surface area contributed by atoms with E-state index in [2.05, 4.69) is 0 Å². The normalized spacial score (nSPS) is 23.9. The summed E-state index contributed by atoms with van der Waals surface area (Å²) in [4.78, 5) is 24.6. The van der Waals surface area contributed by atoms with E-state index >= 15 is 0 Å². The number of amides is 2. The van der Waals surface area contributed by atoms with Gasteiger partial charge in [-0.1, -0.05) is 0 Å². The van der Waals surface area contributed by atoms with E-state index < -0.39 is 30.0 Å². The summed E-state index contributed by atoms with van der Waals surface area (Å²) < 4.78 is 18.8. The molecular weight excluding hydrogens is 243 g/mol. The Bertz CT molecular complexity index is 342. The molecule has 104 valence electrons. The lowest BCUT2D eigenvalue weighted by Gasteiger charge is -2.29. The SMILES string of the molecule is CN(C(=O)OC(C)(C)C)C1CN(C(=O)O)CC1F. The van der Waals surface area contributed by atoms with Gasteiger partial charge in [-0.15, -0.1) is 0 Å². The van der Waals surface area contributed by atoms with Crippen molar-refractivity contribution in [3.63, 3.8) is 0 Å². The molecule has 1 rings (SSSR count). The van der Waals surface area contributed by atoms with Gasteiger partial charge in [-0.05, 0) is 20.8 Å². The highest BCUT2D eigenvalue weighted by Gasteiger charge is 2.40. The van der Waals surface area contributed by atoms with Gasteiger partial charge in [0.2, 0.25) is 0 Å². The third-order valence-corrected chi connectivity index (χ3v) is 2.67. The summed E-state index contributed by atoms with van der Waals surface area (Å²) in [6, 6.07) is -0.795. The van der Waals surface area contributed by atoms with E-state index in [0.29, 0.717) is 0 Å². The Morgan fingerprint density at radius 1 is 1.39 bits per heavy atom. The number of ether oxygens (including phenoxy) is 1. The minimum Gasteiger partial charge on any atom is -0.465 e. The van der Waals surface area contributed by atoms with Crippen molar-refractivity contribution in [2.24, 2.45) is 0 Å². The average molecular weight is 262 g/mol. The molecule has 2 amide bonds. The quantitative estimate of drug-likeness (QED) is 0.778. The van der Waals surface area contributed by atoms with Crippen molar-refractivity contribution < 1.29 is 23.8 Å². The van der Waals surface area contributed by atoms with Crippen molar-refractivity contribution in [3.05, 3.63) is 0 Å². The predicted octanol–water partition coefficient (Wildman–Crippen LogP) is 1.55. The molecule has 0 bridgehead atoms. The molecule has 0 aliphatic carbocycles. The van der Waals surface area contributed by atoms with Gasteiger partial charge < -0.3 is 19.6 Å². The molecule has 1 aliphatic rings. The summed E-state index contributed by atoms with van der Waals surface area (Å²) in [6.45, 7) is 4.89. The second-order valence-corrected chi connectivity index (χ2v) is 5.36. The Morgan fingerprint density at radius 2 is 1.94 bits per heavy atom. The van der Waals surface area contributed by atoms with Gasteiger partial charge in [0.25, 0.3) is 0 Å². The highest BCUT2D eigenvalue weighted by molar-refractivity contribution is 5.69. The van der Waals surface area contributed by atoms with Crippen molar-refractivity contribution in [3.8, 4) is 0 Å². The van der Waals surface area contributed by atoms with Gasteiger partial charge in [-0.3, -0.25) is 0 Å². The fourth-order valence-electron chi connectivity index (χ4n) is 1.74. The predicted molar refractivity (Wildman–Crippen MR) is 62.3 cm³/mol. The summed E-state index contributed by atoms with van der Waals surface area (Å²) in [6.07, 6.45) is -3.22. The van der Waals surface area contributed by atoms with Crippen LogP contribution >= 0.6 is 0 Å². The van der Waals surface area contributed by atoms with Crippen LogP contribution in [0.1, 0.15) is 20.8 Å². The van der Waals surface area contributed by atoms with E-state index in [0.717, 1.165) is 9.80 Å². The van der Waals surface area contributed by atoms with Crippen molar-refractivity contribution >= 4 is 12.2 Å². The molecule has 1 heterocycles. The van der Waals surface area contributed by atoms with E-state index in [-0.39, 0.29) is 13.1 Å². The molecule has 6 nitrogen and oxygen atoms in total. The van der Waals surface area contributed by atoms with E-state index in [9.17, 15) is 14.0 Å². The molecule has 2 atom stereocenters. The van der Waals surface area contributed by atoms with Crippen molar-refractivity contribution in [1.82, 2.24) is 9.80 Å². The lowest BCUT2D eigenvalue weighted by molar-refractivity contribution is 0.0178. The van der Waals surface area contributed by atoms with Crippen LogP contribution in [0.15, 0.2) is 0 Å². The van der Waals surface area contributed by atoms with Crippen LogP contribution in [-0.2, 0) is 4.74 Å². The fourth-order valence-corrected chi connectivity index (χ4v) is 1.74. The zero-order chi connectivity index (χ0) is 14.1. The number of nitrogens with zero attached hydrogens (tertiary/aromatic N) is 2. The Hall–Kier alpha value is -1.53. The molecule has 0 aromatic rings. The molecule has 2 unspecified atom stereocenters. The minimum absolute atomic E-state index is 0.0355. The molecule has 0 spiro atoms. The maximum absolute atomic E-state index is 13.7. The lowest BCUT2D eigenvalue weighted by atomic mass is 10.2. The van der Waals surface area contributed by atoms with Crippen LogP contribution in [0.25, 0.3) is 0 Å². The molecule has 1 N–H and O–H groups in total. The molecule has 0 radical (unpaired) electrons. The number of rotatable bonds is 1. The van der Waals surface area contributed by atoms with Crippen LogP contribution < -0.4 is 0 Å². The van der Waals surface area contributed by atoms with Crippen LogP contribution in [0.3, 0.4) is 0 Å². The maximum Gasteiger partial charge on any atom is 0.410 e. The topological polar surface area (TPSA) is 70.1 Å². The number of hydrogen-bond acceptors (Lipinski definition) is 3. The van der Waals surface area contributed by atoms with Crippen LogP contribution in [0, 0.1) is 0 Å². The molecule has 0 saturated carbocycles. The van der Waals surface area contributed by atoms with Crippen LogP contribution in [0.5, 0.6) is 0 Å². The maximum atomic E-state index is 13.7. The second kappa shape index (κ2) is 4.99. The van der Waals surface area contributed by atoms with Gasteiger partial charge in [0.15, 0.2) is 0 Å². The van der Waals surface area contributed by atoms with Crippen molar-refractivity contribution in [2.75, 3.05) is 20.1 Å². The Labute approximate surface area is 105 Å². The van der Waals surface area contributed by atoms with Crippen LogP contribution in [-0.4, -0.2) is 65.0 Å². The summed E-state index contributed by atoms with van der Waals surface area (Å²) in [5.74, 6) is 0. The monoisotopic (exact) mass is 262 g/mol. The Balaban J connectivity index is 2.65. The zero-order valence-corrected chi connectivity index (χ0v) is 11.0. The first kappa shape index (κ1) is 14.5. The molecule has 0 aromatic heterocycles. The van der Waals surface area contributed by atoms with Gasteiger partial charge in [0.05, 0.1) is 12.6 Å². The number of carboxylic acid groups (broad SMARTS) is 1. The van der Waals surface area contributed by atoms with Gasteiger partial charge in [-0.2, -0.15) is 0 Å². The van der Waals surface area contributed by atoms with E-state index in [1.54, 1.807) is 20.8 Å². The number of carbonyl (C=O) groups is 2. The van der Waals surface area contributed by atoms with Crippen LogP contribution in [0.2, 0.25) is 0 Å². The standard InChI is InChI=1S/C11H19FN2O4/c1-11(2,3)18-10(17)13(4)8-6-14(9(15)16)5-7(8)12/h7-8H,5-6H2,1-4H3,(H,15,16). The summed E-state index contributed by atoms with van der Waals surface area (Å²) >= 11 is 0. The van der Waals surface area contributed by atoms with Crippen molar-refractivity contribution in [2.45, 2.75) is 38.6 Å². The van der Waals surface area contributed by atoms with E-state index in [1.165, 1.54) is 7.05 Å². The first-order valence-electron chi connectivity index (χ1n) is 5.69. The van der Waals surface area contributed by atoms with Gasteiger partial charge >= 0.3 is 12.2 Å². The summed E-state index contributed by atoms with van der Waals surface area (Å²) in [5.41, 5.74) is -0.664. The number of carbonyl (C=O) groups excluding carboxylic acids is 1. The molecule has 1 saturated heterocycles. The molecular formula is C11H19FN2O4. The number of likely N-dealkylation sites (N-methyl/N-ethyl adjacent to an activating group) is 1. The fraction of sp³-hybridized carbons (Fsp3) is 0.818. The van der Waals surface area contributed by atoms with Gasteiger partial charge in [0, 0.05) is 13.6 Å².